The molecule has 0 fully saturated rings. The van der Waals surface area contributed by atoms with Gasteiger partial charge in [0.1, 0.15) is 5.75 Å². The van der Waals surface area contributed by atoms with Gasteiger partial charge in [-0.15, -0.1) is 11.8 Å². The van der Waals surface area contributed by atoms with Crippen molar-refractivity contribution in [2.24, 2.45) is 0 Å². The average Bonchev–Trinajstić information content (AvgIpc) is 2.84. The molecule has 0 saturated carbocycles. The predicted molar refractivity (Wildman–Crippen MR) is 123 cm³/mol. The predicted octanol–water partition coefficient (Wildman–Crippen LogP) is 5.59. The smallest absolute Gasteiger partial charge is 0.251 e. The van der Waals surface area contributed by atoms with Crippen LogP contribution in [-0.4, -0.2) is 22.1 Å². The van der Waals surface area contributed by atoms with E-state index in [2.05, 4.69) is 27.4 Å². The third-order valence-electron chi connectivity index (χ3n) is 4.61. The van der Waals surface area contributed by atoms with Crippen molar-refractivity contribution in [1.82, 2.24) is 15.3 Å². The summed E-state index contributed by atoms with van der Waals surface area (Å²) in [6.45, 7) is 0.483. The molecule has 6 heteroatoms. The molecule has 3 aromatic carbocycles. The molecule has 4 aromatic rings. The molecule has 5 nitrogen and oxygen atoms in total. The van der Waals surface area contributed by atoms with Gasteiger partial charge in [-0.25, -0.2) is 4.98 Å². The lowest BCUT2D eigenvalue weighted by atomic mass is 10.1. The van der Waals surface area contributed by atoms with Crippen molar-refractivity contribution in [2.75, 3.05) is 6.26 Å². The zero-order valence-corrected chi connectivity index (χ0v) is 17.8. The molecule has 0 aliphatic rings. The van der Waals surface area contributed by atoms with Gasteiger partial charge in [0.15, 0.2) is 5.82 Å². The van der Waals surface area contributed by atoms with E-state index in [-0.39, 0.29) is 5.91 Å². The molecule has 4 rings (SSSR count). The second-order valence-corrected chi connectivity index (χ2v) is 7.62. The number of benzene rings is 3. The van der Waals surface area contributed by atoms with Crippen LogP contribution in [0.25, 0.3) is 11.4 Å². The van der Waals surface area contributed by atoms with E-state index < -0.39 is 0 Å². The summed E-state index contributed by atoms with van der Waals surface area (Å²) in [6, 6.07) is 26.6. The fourth-order valence-electron chi connectivity index (χ4n) is 2.95. The zero-order valence-electron chi connectivity index (χ0n) is 17.0. The summed E-state index contributed by atoms with van der Waals surface area (Å²) < 4.78 is 5.77. The summed E-state index contributed by atoms with van der Waals surface area (Å²) in [6.07, 6.45) is 3.70. The van der Waals surface area contributed by atoms with Crippen LogP contribution in [-0.2, 0) is 6.54 Å². The molecule has 1 amide bonds. The number of aromatic nitrogens is 2. The number of ether oxygens (including phenoxy) is 1. The lowest BCUT2D eigenvalue weighted by molar-refractivity contribution is 0.0951. The van der Waals surface area contributed by atoms with Crippen LogP contribution in [0.15, 0.2) is 96.0 Å². The standard InChI is InChI=1S/C25H21N3O2S/c1-31-22-13-7-18(8-14-22)17-27-25(29)20-11-9-19(10-12-20)24-26-16-15-23(28-24)30-21-5-3-2-4-6-21/h2-16H,17H2,1H3,(H,27,29). The molecular weight excluding hydrogens is 406 g/mol. The number of para-hydroxylation sites is 1. The molecular formula is C25H21N3O2S. The Morgan fingerprint density at radius 3 is 2.39 bits per heavy atom. The molecule has 0 spiro atoms. The van der Waals surface area contributed by atoms with Crippen LogP contribution in [0.1, 0.15) is 15.9 Å². The minimum absolute atomic E-state index is 0.123. The van der Waals surface area contributed by atoms with E-state index in [4.69, 9.17) is 4.74 Å². The number of amides is 1. The maximum absolute atomic E-state index is 12.5. The normalized spacial score (nSPS) is 10.5. The van der Waals surface area contributed by atoms with Crippen LogP contribution in [0.5, 0.6) is 11.6 Å². The highest BCUT2D eigenvalue weighted by atomic mass is 32.2. The van der Waals surface area contributed by atoms with Crippen LogP contribution in [0.2, 0.25) is 0 Å². The molecule has 0 aliphatic carbocycles. The highest BCUT2D eigenvalue weighted by molar-refractivity contribution is 7.98. The van der Waals surface area contributed by atoms with Crippen LogP contribution in [0.4, 0.5) is 0 Å². The van der Waals surface area contributed by atoms with Gasteiger partial charge in [-0.2, -0.15) is 4.98 Å². The summed E-state index contributed by atoms with van der Waals surface area (Å²) in [5, 5.41) is 2.95. The van der Waals surface area contributed by atoms with Crippen molar-refractivity contribution < 1.29 is 9.53 Å². The van der Waals surface area contributed by atoms with Gasteiger partial charge in [0.2, 0.25) is 5.88 Å². The van der Waals surface area contributed by atoms with E-state index in [0.717, 1.165) is 11.1 Å². The topological polar surface area (TPSA) is 64.1 Å². The maximum Gasteiger partial charge on any atom is 0.251 e. The second-order valence-electron chi connectivity index (χ2n) is 6.74. The lowest BCUT2D eigenvalue weighted by Crippen LogP contribution is -2.22. The summed E-state index contributed by atoms with van der Waals surface area (Å²) in [5.41, 5.74) is 2.45. The summed E-state index contributed by atoms with van der Waals surface area (Å²) >= 11 is 1.69. The molecule has 0 saturated heterocycles. The SMILES string of the molecule is CSc1ccc(CNC(=O)c2ccc(-c3nccc(Oc4ccccc4)n3)cc2)cc1. The number of nitrogens with zero attached hydrogens (tertiary/aromatic N) is 2. The Hall–Kier alpha value is -3.64. The van der Waals surface area contributed by atoms with E-state index in [9.17, 15) is 4.79 Å². The van der Waals surface area contributed by atoms with Gasteiger partial charge < -0.3 is 10.1 Å². The minimum Gasteiger partial charge on any atom is -0.439 e. The third kappa shape index (κ3) is 5.49. The largest absolute Gasteiger partial charge is 0.439 e. The highest BCUT2D eigenvalue weighted by Gasteiger charge is 2.08. The number of thioether (sulfide) groups is 1. The lowest BCUT2D eigenvalue weighted by Gasteiger charge is -2.08. The first kappa shape index (κ1) is 20.6. The van der Waals surface area contributed by atoms with Crippen molar-refractivity contribution in [2.45, 2.75) is 11.4 Å². The first-order valence-electron chi connectivity index (χ1n) is 9.79. The fraction of sp³-hybridized carbons (Fsp3) is 0.0800. The first-order chi connectivity index (χ1) is 15.2. The molecule has 0 unspecified atom stereocenters. The molecule has 0 bridgehead atoms. The number of carbonyl (C=O) groups excluding carboxylic acids is 1. The molecule has 154 valence electrons. The van der Waals surface area contributed by atoms with Crippen molar-refractivity contribution in [3.63, 3.8) is 0 Å². The zero-order chi connectivity index (χ0) is 21.5. The Morgan fingerprint density at radius 1 is 0.935 bits per heavy atom. The van der Waals surface area contributed by atoms with Gasteiger partial charge in [-0.1, -0.05) is 42.5 Å². The fourth-order valence-corrected chi connectivity index (χ4v) is 3.35. The number of hydrogen-bond acceptors (Lipinski definition) is 5. The quantitative estimate of drug-likeness (QED) is 0.390. The van der Waals surface area contributed by atoms with Gasteiger partial charge in [0, 0.05) is 34.8 Å². The third-order valence-corrected chi connectivity index (χ3v) is 5.36. The van der Waals surface area contributed by atoms with Crippen molar-refractivity contribution in [3.8, 4) is 23.0 Å². The minimum atomic E-state index is -0.123. The maximum atomic E-state index is 12.5. The van der Waals surface area contributed by atoms with Gasteiger partial charge in [-0.05, 0) is 48.2 Å². The summed E-state index contributed by atoms with van der Waals surface area (Å²) in [7, 11) is 0. The summed E-state index contributed by atoms with van der Waals surface area (Å²) in [4.78, 5) is 22.5. The van der Waals surface area contributed by atoms with E-state index >= 15 is 0 Å². The molecule has 0 aliphatic heterocycles. The van der Waals surface area contributed by atoms with Gasteiger partial charge in [0.05, 0.1) is 0 Å². The van der Waals surface area contributed by atoms with Gasteiger partial charge in [-0.3, -0.25) is 4.79 Å². The molecule has 0 radical (unpaired) electrons. The van der Waals surface area contributed by atoms with Crippen LogP contribution >= 0.6 is 11.8 Å². The van der Waals surface area contributed by atoms with Crippen LogP contribution in [0, 0.1) is 0 Å². The second kappa shape index (κ2) is 9.91. The first-order valence-corrected chi connectivity index (χ1v) is 11.0. The Labute approximate surface area is 185 Å². The average molecular weight is 428 g/mol. The van der Waals surface area contributed by atoms with E-state index in [0.29, 0.717) is 29.6 Å². The number of carbonyl (C=O) groups is 1. The molecule has 1 N–H and O–H groups in total. The highest BCUT2D eigenvalue weighted by Crippen LogP contribution is 2.22. The Kier molecular flexibility index (Phi) is 6.59. The Bertz CT molecular complexity index is 1150. The van der Waals surface area contributed by atoms with Crippen molar-refractivity contribution >= 4 is 17.7 Å². The monoisotopic (exact) mass is 427 g/mol. The molecule has 0 atom stereocenters. The number of nitrogens with one attached hydrogen (secondary N) is 1. The molecule has 1 heterocycles. The molecule has 31 heavy (non-hydrogen) atoms. The van der Waals surface area contributed by atoms with E-state index in [1.165, 1.54) is 4.90 Å². The van der Waals surface area contributed by atoms with Gasteiger partial charge >= 0.3 is 0 Å². The molecule has 1 aromatic heterocycles. The Morgan fingerprint density at radius 2 is 1.68 bits per heavy atom. The van der Waals surface area contributed by atoms with Crippen molar-refractivity contribution in [3.05, 3.63) is 102 Å². The number of rotatable bonds is 7. The van der Waals surface area contributed by atoms with Gasteiger partial charge in [0.25, 0.3) is 5.91 Å². The van der Waals surface area contributed by atoms with Crippen LogP contribution in [0.3, 0.4) is 0 Å². The van der Waals surface area contributed by atoms with E-state index in [1.807, 2.05) is 60.9 Å². The van der Waals surface area contributed by atoms with E-state index in [1.54, 1.807) is 36.2 Å². The Balaban J connectivity index is 1.40. The van der Waals surface area contributed by atoms with Crippen molar-refractivity contribution in [1.29, 1.82) is 0 Å². The number of hydrogen-bond donors (Lipinski definition) is 1. The van der Waals surface area contributed by atoms with Crippen LogP contribution < -0.4 is 10.1 Å². The summed E-state index contributed by atoms with van der Waals surface area (Å²) in [5.74, 6) is 1.59.